The number of likely N-dealkylation sites (tertiary alicyclic amines) is 1. The van der Waals surface area contributed by atoms with Crippen LogP contribution in [0.2, 0.25) is 0 Å². The van der Waals surface area contributed by atoms with E-state index >= 15 is 0 Å². The zero-order valence-electron chi connectivity index (χ0n) is 9.78. The highest BCUT2D eigenvalue weighted by molar-refractivity contribution is 4.80. The molecule has 1 fully saturated rings. The molecule has 1 rings (SSSR count). The zero-order valence-corrected chi connectivity index (χ0v) is 9.78. The normalized spacial score (nSPS) is 20.8. The summed E-state index contributed by atoms with van der Waals surface area (Å²) >= 11 is 0. The van der Waals surface area contributed by atoms with Gasteiger partial charge in [-0.1, -0.05) is 6.92 Å². The smallest absolute Gasteiger partial charge is 0.0595 e. The maximum absolute atomic E-state index is 9.20. The Kier molecular flexibility index (Phi) is 4.99. The zero-order chi connectivity index (χ0) is 11.3. The first-order valence-corrected chi connectivity index (χ1v) is 5.60. The van der Waals surface area contributed by atoms with Gasteiger partial charge in [0.25, 0.3) is 0 Å². The predicted octanol–water partition coefficient (Wildman–Crippen LogP) is 0.0881. The Balaban J connectivity index is 2.34. The standard InChI is InChI=1S/C11H23NO3/c1-11(8-13,9-14)7-12-5-3-10(15-2)4-6-12/h10,13-14H,3-9H2,1-2H3. The quantitative estimate of drug-likeness (QED) is 0.685. The Morgan fingerprint density at radius 1 is 1.27 bits per heavy atom. The average molecular weight is 217 g/mol. The summed E-state index contributed by atoms with van der Waals surface area (Å²) in [4.78, 5) is 2.29. The van der Waals surface area contributed by atoms with Gasteiger partial charge >= 0.3 is 0 Å². The lowest BCUT2D eigenvalue weighted by molar-refractivity contribution is -0.000163. The van der Waals surface area contributed by atoms with Crippen LogP contribution in [0.1, 0.15) is 19.8 Å². The van der Waals surface area contributed by atoms with Gasteiger partial charge in [-0.05, 0) is 12.8 Å². The fourth-order valence-electron chi connectivity index (χ4n) is 1.99. The molecule has 90 valence electrons. The van der Waals surface area contributed by atoms with E-state index < -0.39 is 0 Å². The summed E-state index contributed by atoms with van der Waals surface area (Å²) in [6, 6.07) is 0. The number of hydrogen-bond acceptors (Lipinski definition) is 4. The molecule has 2 N–H and O–H groups in total. The molecule has 1 saturated heterocycles. The SMILES string of the molecule is COC1CCN(CC(C)(CO)CO)CC1. The van der Waals surface area contributed by atoms with Crippen molar-refractivity contribution in [2.45, 2.75) is 25.9 Å². The largest absolute Gasteiger partial charge is 0.396 e. The second-order valence-electron chi connectivity index (χ2n) is 4.84. The van der Waals surface area contributed by atoms with Crippen LogP contribution in [-0.2, 0) is 4.74 Å². The van der Waals surface area contributed by atoms with Gasteiger partial charge in [-0.15, -0.1) is 0 Å². The molecule has 0 aromatic carbocycles. The van der Waals surface area contributed by atoms with Crippen LogP contribution < -0.4 is 0 Å². The molecule has 0 spiro atoms. The number of aliphatic hydroxyl groups excluding tert-OH is 2. The van der Waals surface area contributed by atoms with E-state index in [0.29, 0.717) is 6.10 Å². The van der Waals surface area contributed by atoms with Crippen LogP contribution in [0.3, 0.4) is 0 Å². The summed E-state index contributed by atoms with van der Waals surface area (Å²) in [5, 5.41) is 18.4. The first kappa shape index (κ1) is 12.9. The van der Waals surface area contributed by atoms with Crippen LogP contribution in [0.4, 0.5) is 0 Å². The number of nitrogens with zero attached hydrogens (tertiary/aromatic N) is 1. The number of hydrogen-bond donors (Lipinski definition) is 2. The van der Waals surface area contributed by atoms with E-state index in [2.05, 4.69) is 4.90 Å². The number of ether oxygens (including phenoxy) is 1. The molecular formula is C11H23NO3. The van der Waals surface area contributed by atoms with Crippen molar-refractivity contribution >= 4 is 0 Å². The second-order valence-corrected chi connectivity index (χ2v) is 4.84. The van der Waals surface area contributed by atoms with E-state index in [1.165, 1.54) is 0 Å². The van der Waals surface area contributed by atoms with Crippen LogP contribution in [0.25, 0.3) is 0 Å². The molecule has 1 aliphatic heterocycles. The van der Waals surface area contributed by atoms with Crippen molar-refractivity contribution in [2.24, 2.45) is 5.41 Å². The maximum Gasteiger partial charge on any atom is 0.0595 e. The molecule has 0 atom stereocenters. The first-order valence-electron chi connectivity index (χ1n) is 5.60. The Hall–Kier alpha value is -0.160. The minimum Gasteiger partial charge on any atom is -0.396 e. The molecule has 4 nitrogen and oxygen atoms in total. The third-order valence-electron chi connectivity index (χ3n) is 3.24. The van der Waals surface area contributed by atoms with Gasteiger partial charge < -0.3 is 19.8 Å². The van der Waals surface area contributed by atoms with Gasteiger partial charge in [-0.2, -0.15) is 0 Å². The van der Waals surface area contributed by atoms with Crippen LogP contribution in [0.5, 0.6) is 0 Å². The number of piperidine rings is 1. The molecule has 0 aliphatic carbocycles. The van der Waals surface area contributed by atoms with Crippen molar-refractivity contribution in [2.75, 3.05) is 40.0 Å². The van der Waals surface area contributed by atoms with E-state index in [-0.39, 0.29) is 18.6 Å². The Morgan fingerprint density at radius 2 is 1.80 bits per heavy atom. The molecular weight excluding hydrogens is 194 g/mol. The maximum atomic E-state index is 9.20. The molecule has 0 radical (unpaired) electrons. The van der Waals surface area contributed by atoms with Gasteiger partial charge in [-0.3, -0.25) is 0 Å². The van der Waals surface area contributed by atoms with Crippen molar-refractivity contribution in [3.8, 4) is 0 Å². The molecule has 0 bridgehead atoms. The molecule has 0 amide bonds. The third kappa shape index (κ3) is 3.72. The lowest BCUT2D eigenvalue weighted by Gasteiger charge is -2.37. The van der Waals surface area contributed by atoms with E-state index in [1.54, 1.807) is 7.11 Å². The van der Waals surface area contributed by atoms with Crippen LogP contribution in [0, 0.1) is 5.41 Å². The van der Waals surface area contributed by atoms with Crippen LogP contribution in [-0.4, -0.2) is 61.2 Å². The third-order valence-corrected chi connectivity index (χ3v) is 3.24. The first-order chi connectivity index (χ1) is 7.13. The fraction of sp³-hybridized carbons (Fsp3) is 1.00. The Bertz CT molecular complexity index is 175. The Labute approximate surface area is 91.8 Å². The highest BCUT2D eigenvalue weighted by Gasteiger charge is 2.28. The lowest BCUT2D eigenvalue weighted by atomic mass is 9.91. The number of rotatable bonds is 5. The molecule has 1 aliphatic rings. The summed E-state index contributed by atoms with van der Waals surface area (Å²) < 4.78 is 5.30. The average Bonchev–Trinajstić information content (AvgIpc) is 2.30. The predicted molar refractivity (Wildman–Crippen MR) is 58.7 cm³/mol. The minimum atomic E-state index is -0.375. The minimum absolute atomic E-state index is 0.0354. The molecule has 4 heteroatoms. The van der Waals surface area contributed by atoms with Crippen LogP contribution in [0.15, 0.2) is 0 Å². The van der Waals surface area contributed by atoms with E-state index in [4.69, 9.17) is 4.74 Å². The molecule has 0 aromatic heterocycles. The van der Waals surface area contributed by atoms with Crippen molar-refractivity contribution in [1.29, 1.82) is 0 Å². The van der Waals surface area contributed by atoms with Crippen molar-refractivity contribution in [1.82, 2.24) is 4.90 Å². The molecule has 0 unspecified atom stereocenters. The summed E-state index contributed by atoms with van der Waals surface area (Å²) in [6.45, 7) is 4.73. The highest BCUT2D eigenvalue weighted by Crippen LogP contribution is 2.20. The lowest BCUT2D eigenvalue weighted by Crippen LogP contribution is -2.45. The molecule has 15 heavy (non-hydrogen) atoms. The summed E-state index contributed by atoms with van der Waals surface area (Å²) in [6.07, 6.45) is 2.48. The van der Waals surface area contributed by atoms with Crippen molar-refractivity contribution < 1.29 is 14.9 Å². The fourth-order valence-corrected chi connectivity index (χ4v) is 1.99. The summed E-state index contributed by atoms with van der Waals surface area (Å²) in [7, 11) is 1.76. The molecule has 0 saturated carbocycles. The number of methoxy groups -OCH3 is 1. The summed E-state index contributed by atoms with van der Waals surface area (Å²) in [5.41, 5.74) is -0.375. The second kappa shape index (κ2) is 5.80. The van der Waals surface area contributed by atoms with E-state index in [0.717, 1.165) is 32.5 Å². The Morgan fingerprint density at radius 3 is 2.20 bits per heavy atom. The monoisotopic (exact) mass is 217 g/mol. The van der Waals surface area contributed by atoms with Crippen molar-refractivity contribution in [3.63, 3.8) is 0 Å². The van der Waals surface area contributed by atoms with E-state index in [9.17, 15) is 10.2 Å². The van der Waals surface area contributed by atoms with Gasteiger partial charge in [0, 0.05) is 32.2 Å². The van der Waals surface area contributed by atoms with Gasteiger partial charge in [0.1, 0.15) is 0 Å². The van der Waals surface area contributed by atoms with Crippen molar-refractivity contribution in [3.05, 3.63) is 0 Å². The van der Waals surface area contributed by atoms with Crippen LogP contribution >= 0.6 is 0 Å². The van der Waals surface area contributed by atoms with Gasteiger partial charge in [0.2, 0.25) is 0 Å². The van der Waals surface area contributed by atoms with Gasteiger partial charge in [0.15, 0.2) is 0 Å². The highest BCUT2D eigenvalue weighted by atomic mass is 16.5. The van der Waals surface area contributed by atoms with Gasteiger partial charge in [0.05, 0.1) is 19.3 Å². The van der Waals surface area contributed by atoms with E-state index in [1.807, 2.05) is 6.92 Å². The summed E-state index contributed by atoms with van der Waals surface area (Å²) in [5.74, 6) is 0. The topological polar surface area (TPSA) is 52.9 Å². The number of aliphatic hydroxyl groups is 2. The van der Waals surface area contributed by atoms with Gasteiger partial charge in [-0.25, -0.2) is 0 Å². The molecule has 1 heterocycles. The molecule has 0 aromatic rings.